The Hall–Kier alpha value is -2.77. The van der Waals surface area contributed by atoms with E-state index in [9.17, 15) is 14.4 Å². The van der Waals surface area contributed by atoms with Gasteiger partial charge in [0.05, 0.1) is 13.8 Å². The second-order valence-corrected chi connectivity index (χ2v) is 8.48. The number of nitrogens with zero attached hydrogens (tertiary/aromatic N) is 3. The first kappa shape index (κ1) is 21.0. The predicted octanol–water partition coefficient (Wildman–Crippen LogP) is 2.24. The van der Waals surface area contributed by atoms with Crippen LogP contribution >= 0.6 is 0 Å². The van der Waals surface area contributed by atoms with Gasteiger partial charge in [0.25, 0.3) is 5.91 Å². The highest BCUT2D eigenvalue weighted by Gasteiger charge is 2.54. The SMILES string of the molecule is COC(=O)CN1CN(c2ccccc2)C2(CCN(C(=O)OC(C)(C)C)CC2)C1=O. The quantitative estimate of drug-likeness (QED) is 0.720. The molecule has 0 unspecified atom stereocenters. The van der Waals surface area contributed by atoms with Gasteiger partial charge in [-0.05, 0) is 45.7 Å². The Morgan fingerprint density at radius 1 is 1.10 bits per heavy atom. The zero-order valence-electron chi connectivity index (χ0n) is 17.5. The van der Waals surface area contributed by atoms with Gasteiger partial charge >= 0.3 is 12.1 Å². The summed E-state index contributed by atoms with van der Waals surface area (Å²) in [5.74, 6) is -0.551. The molecule has 0 aliphatic carbocycles. The van der Waals surface area contributed by atoms with E-state index in [1.807, 2.05) is 56.0 Å². The van der Waals surface area contributed by atoms with Crippen molar-refractivity contribution in [2.45, 2.75) is 44.8 Å². The number of piperidine rings is 1. The minimum atomic E-state index is -0.784. The molecule has 2 heterocycles. The van der Waals surface area contributed by atoms with Crippen LogP contribution in [0.15, 0.2) is 30.3 Å². The Kier molecular flexibility index (Phi) is 5.73. The van der Waals surface area contributed by atoms with Gasteiger partial charge in [-0.15, -0.1) is 0 Å². The van der Waals surface area contributed by atoms with E-state index in [-0.39, 0.29) is 18.5 Å². The molecule has 2 aliphatic heterocycles. The number of carbonyl (C=O) groups is 3. The van der Waals surface area contributed by atoms with Crippen LogP contribution in [-0.2, 0) is 19.1 Å². The maximum atomic E-state index is 13.4. The highest BCUT2D eigenvalue weighted by Crippen LogP contribution is 2.39. The first-order valence-electron chi connectivity index (χ1n) is 9.83. The number of anilines is 1. The lowest BCUT2D eigenvalue weighted by Crippen LogP contribution is -2.57. The molecule has 0 radical (unpaired) electrons. The smallest absolute Gasteiger partial charge is 0.410 e. The van der Waals surface area contributed by atoms with Gasteiger partial charge in [-0.1, -0.05) is 18.2 Å². The average Bonchev–Trinajstić information content (AvgIpc) is 2.94. The number of amides is 2. The van der Waals surface area contributed by atoms with E-state index in [1.54, 1.807) is 4.90 Å². The standard InChI is InChI=1S/C21H29N3O5/c1-20(2,3)29-19(27)22-12-10-21(11-13-22)18(26)23(14-17(25)28-4)15-24(21)16-8-6-5-7-9-16/h5-9H,10-15H2,1-4H3. The number of benzene rings is 1. The number of rotatable bonds is 3. The molecule has 29 heavy (non-hydrogen) atoms. The van der Waals surface area contributed by atoms with Crippen molar-refractivity contribution in [2.75, 3.05) is 38.3 Å². The molecule has 0 atom stereocenters. The molecule has 3 rings (SSSR count). The van der Waals surface area contributed by atoms with Crippen molar-refractivity contribution in [3.63, 3.8) is 0 Å². The lowest BCUT2D eigenvalue weighted by molar-refractivity contribution is -0.146. The average molecular weight is 403 g/mol. The van der Waals surface area contributed by atoms with Gasteiger partial charge in [0, 0.05) is 18.8 Å². The third kappa shape index (κ3) is 4.31. The molecule has 0 bridgehead atoms. The van der Waals surface area contributed by atoms with Gasteiger partial charge in [0.15, 0.2) is 0 Å². The molecule has 8 nitrogen and oxygen atoms in total. The van der Waals surface area contributed by atoms with Crippen LogP contribution in [0, 0.1) is 0 Å². The van der Waals surface area contributed by atoms with Crippen molar-refractivity contribution in [1.29, 1.82) is 0 Å². The van der Waals surface area contributed by atoms with Crippen molar-refractivity contribution in [1.82, 2.24) is 9.80 Å². The summed E-state index contributed by atoms with van der Waals surface area (Å²) >= 11 is 0. The third-order valence-corrected chi connectivity index (χ3v) is 5.37. The van der Waals surface area contributed by atoms with Gasteiger partial charge in [0.1, 0.15) is 17.7 Å². The summed E-state index contributed by atoms with van der Waals surface area (Å²) in [6.45, 7) is 6.54. The summed E-state index contributed by atoms with van der Waals surface area (Å²) in [6.07, 6.45) is 0.574. The van der Waals surface area contributed by atoms with Crippen molar-refractivity contribution in [3.05, 3.63) is 30.3 Å². The largest absolute Gasteiger partial charge is 0.468 e. The number of ether oxygens (including phenoxy) is 2. The van der Waals surface area contributed by atoms with Crippen LogP contribution in [0.5, 0.6) is 0 Å². The molecule has 158 valence electrons. The molecule has 2 aliphatic rings. The van der Waals surface area contributed by atoms with Crippen LogP contribution in [0.25, 0.3) is 0 Å². The number of para-hydroxylation sites is 1. The fourth-order valence-electron chi connectivity index (χ4n) is 3.93. The first-order chi connectivity index (χ1) is 13.7. The summed E-state index contributed by atoms with van der Waals surface area (Å²) in [5.41, 5.74) is -0.435. The Bertz CT molecular complexity index is 766. The second kappa shape index (κ2) is 7.93. The minimum absolute atomic E-state index is 0.0871. The Labute approximate surface area is 171 Å². The summed E-state index contributed by atoms with van der Waals surface area (Å²) in [5, 5.41) is 0. The van der Waals surface area contributed by atoms with Crippen LogP contribution < -0.4 is 4.90 Å². The molecule has 2 fully saturated rings. The number of methoxy groups -OCH3 is 1. The molecule has 2 saturated heterocycles. The van der Waals surface area contributed by atoms with Gasteiger partial charge in [-0.2, -0.15) is 0 Å². The van der Waals surface area contributed by atoms with Gasteiger partial charge in [-0.3, -0.25) is 9.59 Å². The second-order valence-electron chi connectivity index (χ2n) is 8.48. The summed E-state index contributed by atoms with van der Waals surface area (Å²) in [7, 11) is 1.31. The summed E-state index contributed by atoms with van der Waals surface area (Å²) in [6, 6.07) is 9.68. The van der Waals surface area contributed by atoms with E-state index in [1.165, 1.54) is 12.0 Å². The van der Waals surface area contributed by atoms with Gasteiger partial charge in [-0.25, -0.2) is 4.79 Å². The molecular weight excluding hydrogens is 374 g/mol. The number of carbonyl (C=O) groups excluding carboxylic acids is 3. The van der Waals surface area contributed by atoms with E-state index in [0.717, 1.165) is 5.69 Å². The Morgan fingerprint density at radius 3 is 2.28 bits per heavy atom. The molecule has 0 saturated carbocycles. The molecule has 1 aromatic rings. The van der Waals surface area contributed by atoms with Crippen molar-refractivity contribution in [2.24, 2.45) is 0 Å². The lowest BCUT2D eigenvalue weighted by atomic mass is 9.85. The number of hydrogen-bond donors (Lipinski definition) is 0. The molecule has 1 aromatic carbocycles. The highest BCUT2D eigenvalue weighted by atomic mass is 16.6. The number of hydrogen-bond acceptors (Lipinski definition) is 6. The number of likely N-dealkylation sites (tertiary alicyclic amines) is 1. The normalized spacial score (nSPS) is 18.9. The summed E-state index contributed by atoms with van der Waals surface area (Å²) < 4.78 is 10.2. The third-order valence-electron chi connectivity index (χ3n) is 5.37. The maximum absolute atomic E-state index is 13.4. The van der Waals surface area contributed by atoms with Crippen LogP contribution in [0.2, 0.25) is 0 Å². The van der Waals surface area contributed by atoms with Crippen LogP contribution in [0.1, 0.15) is 33.6 Å². The molecular formula is C21H29N3O5. The monoisotopic (exact) mass is 403 g/mol. The lowest BCUT2D eigenvalue weighted by Gasteiger charge is -2.43. The van der Waals surface area contributed by atoms with E-state index in [2.05, 4.69) is 0 Å². The maximum Gasteiger partial charge on any atom is 0.410 e. The highest BCUT2D eigenvalue weighted by molar-refractivity contribution is 5.95. The van der Waals surface area contributed by atoms with Crippen LogP contribution in [-0.4, -0.2) is 72.3 Å². The zero-order valence-corrected chi connectivity index (χ0v) is 17.5. The fourth-order valence-corrected chi connectivity index (χ4v) is 3.93. The van der Waals surface area contributed by atoms with Crippen LogP contribution in [0.4, 0.5) is 10.5 Å². The van der Waals surface area contributed by atoms with Crippen LogP contribution in [0.3, 0.4) is 0 Å². The number of esters is 1. The fraction of sp³-hybridized carbons (Fsp3) is 0.571. The summed E-state index contributed by atoms with van der Waals surface area (Å²) in [4.78, 5) is 42.8. The molecule has 0 N–H and O–H groups in total. The molecule has 0 aromatic heterocycles. The Morgan fingerprint density at radius 2 is 1.72 bits per heavy atom. The Balaban J connectivity index is 1.81. The molecule has 8 heteroatoms. The molecule has 2 amide bonds. The van der Waals surface area contributed by atoms with Crippen molar-refractivity contribution >= 4 is 23.7 Å². The first-order valence-corrected chi connectivity index (χ1v) is 9.83. The topological polar surface area (TPSA) is 79.4 Å². The zero-order chi connectivity index (χ0) is 21.2. The predicted molar refractivity (Wildman–Crippen MR) is 107 cm³/mol. The van der Waals surface area contributed by atoms with Crippen molar-refractivity contribution < 1.29 is 23.9 Å². The minimum Gasteiger partial charge on any atom is -0.468 e. The molecule has 1 spiro atoms. The van der Waals surface area contributed by atoms with Crippen molar-refractivity contribution in [3.8, 4) is 0 Å². The van der Waals surface area contributed by atoms with E-state index < -0.39 is 17.1 Å². The van der Waals surface area contributed by atoms with E-state index >= 15 is 0 Å². The van der Waals surface area contributed by atoms with E-state index in [0.29, 0.717) is 32.6 Å². The van der Waals surface area contributed by atoms with Gasteiger partial charge < -0.3 is 24.2 Å². The van der Waals surface area contributed by atoms with Gasteiger partial charge in [0.2, 0.25) is 0 Å². The van der Waals surface area contributed by atoms with E-state index in [4.69, 9.17) is 9.47 Å².